The van der Waals surface area contributed by atoms with Crippen molar-refractivity contribution in [2.45, 2.75) is 18.7 Å². The average Bonchev–Trinajstić information content (AvgIpc) is 2.76. The molecule has 31 heavy (non-hydrogen) atoms. The van der Waals surface area contributed by atoms with Crippen LogP contribution in [0.4, 0.5) is 5.69 Å². The van der Waals surface area contributed by atoms with Gasteiger partial charge in [0.05, 0.1) is 40.9 Å². The van der Waals surface area contributed by atoms with Crippen LogP contribution in [0, 0.1) is 6.92 Å². The number of rotatable bonds is 6. The molecule has 0 spiro atoms. The van der Waals surface area contributed by atoms with Gasteiger partial charge in [0.1, 0.15) is 0 Å². The highest BCUT2D eigenvalue weighted by Crippen LogP contribution is 2.25. The molecule has 1 amide bonds. The molecule has 0 aliphatic carbocycles. The SMILES string of the molecule is CCOC(=O)c1ccc(NC(=O)c2cc(S(=O)(=O)N3CCOCC3)ccc2Cl)c(C)c1. The molecule has 0 bridgehead atoms. The third-order valence-corrected chi connectivity index (χ3v) is 7.00. The topological polar surface area (TPSA) is 102 Å². The molecule has 2 aromatic rings. The highest BCUT2D eigenvalue weighted by Gasteiger charge is 2.27. The Kier molecular flexibility index (Phi) is 7.32. The lowest BCUT2D eigenvalue weighted by Gasteiger charge is -2.26. The van der Waals surface area contributed by atoms with E-state index in [0.29, 0.717) is 30.0 Å². The van der Waals surface area contributed by atoms with Crippen LogP contribution < -0.4 is 5.32 Å². The molecule has 1 saturated heterocycles. The largest absolute Gasteiger partial charge is 0.462 e. The maximum absolute atomic E-state index is 12.9. The Morgan fingerprint density at radius 1 is 1.16 bits per heavy atom. The summed E-state index contributed by atoms with van der Waals surface area (Å²) in [4.78, 5) is 24.7. The maximum atomic E-state index is 12.9. The minimum atomic E-state index is -3.77. The first-order chi connectivity index (χ1) is 14.7. The number of carbonyl (C=O) groups is 2. The van der Waals surface area contributed by atoms with Gasteiger partial charge in [-0.25, -0.2) is 13.2 Å². The number of morpholine rings is 1. The minimum absolute atomic E-state index is 0.0154. The van der Waals surface area contributed by atoms with Gasteiger partial charge in [0, 0.05) is 18.8 Å². The molecular formula is C21H23ClN2O6S. The second-order valence-corrected chi connectivity index (χ2v) is 9.21. The molecule has 0 atom stereocenters. The molecule has 0 aromatic heterocycles. The fourth-order valence-electron chi connectivity index (χ4n) is 3.11. The number of ether oxygens (including phenoxy) is 2. The van der Waals surface area contributed by atoms with Crippen molar-refractivity contribution in [1.29, 1.82) is 0 Å². The van der Waals surface area contributed by atoms with Gasteiger partial charge in [0.2, 0.25) is 10.0 Å². The molecule has 8 nitrogen and oxygen atoms in total. The van der Waals surface area contributed by atoms with Gasteiger partial charge >= 0.3 is 5.97 Å². The van der Waals surface area contributed by atoms with E-state index in [0.717, 1.165) is 0 Å². The summed E-state index contributed by atoms with van der Waals surface area (Å²) in [6.07, 6.45) is 0. The van der Waals surface area contributed by atoms with Crippen LogP contribution >= 0.6 is 11.6 Å². The minimum Gasteiger partial charge on any atom is -0.462 e. The summed E-state index contributed by atoms with van der Waals surface area (Å²) >= 11 is 6.18. The van der Waals surface area contributed by atoms with Crippen LogP contribution in [0.5, 0.6) is 0 Å². The highest BCUT2D eigenvalue weighted by molar-refractivity contribution is 7.89. The summed E-state index contributed by atoms with van der Waals surface area (Å²) in [6.45, 7) is 4.85. The van der Waals surface area contributed by atoms with Crippen LogP contribution in [0.15, 0.2) is 41.3 Å². The second-order valence-electron chi connectivity index (χ2n) is 6.86. The Morgan fingerprint density at radius 3 is 2.52 bits per heavy atom. The molecule has 1 N–H and O–H groups in total. The van der Waals surface area contributed by atoms with E-state index < -0.39 is 21.9 Å². The van der Waals surface area contributed by atoms with Gasteiger partial charge in [0.25, 0.3) is 5.91 Å². The number of aryl methyl sites for hydroxylation is 1. The summed E-state index contributed by atoms with van der Waals surface area (Å²) in [7, 11) is -3.77. The molecule has 3 rings (SSSR count). The lowest BCUT2D eigenvalue weighted by molar-refractivity contribution is 0.0526. The smallest absolute Gasteiger partial charge is 0.338 e. The fraction of sp³-hybridized carbons (Fsp3) is 0.333. The predicted octanol–water partition coefficient (Wildman–Crippen LogP) is 3.10. The molecule has 1 aliphatic heterocycles. The summed E-state index contributed by atoms with van der Waals surface area (Å²) in [6, 6.07) is 8.77. The number of sulfonamides is 1. The van der Waals surface area contributed by atoms with Gasteiger partial charge in [0.15, 0.2) is 0 Å². The number of nitrogens with zero attached hydrogens (tertiary/aromatic N) is 1. The van der Waals surface area contributed by atoms with Crippen molar-refractivity contribution in [1.82, 2.24) is 4.31 Å². The third kappa shape index (κ3) is 5.24. The number of nitrogens with one attached hydrogen (secondary N) is 1. The van der Waals surface area contributed by atoms with E-state index in [1.165, 1.54) is 22.5 Å². The van der Waals surface area contributed by atoms with Crippen molar-refractivity contribution in [2.75, 3.05) is 38.2 Å². The molecule has 166 valence electrons. The molecule has 1 heterocycles. The molecule has 1 fully saturated rings. The Bertz CT molecular complexity index is 1100. The number of amides is 1. The lowest BCUT2D eigenvalue weighted by atomic mass is 10.1. The summed E-state index contributed by atoms with van der Waals surface area (Å²) in [5.74, 6) is -1.01. The predicted molar refractivity (Wildman–Crippen MR) is 116 cm³/mol. The summed E-state index contributed by atoms with van der Waals surface area (Å²) in [5, 5.41) is 2.84. The van der Waals surface area contributed by atoms with Crippen LogP contribution in [-0.4, -0.2) is 57.5 Å². The second kappa shape index (κ2) is 9.78. The number of esters is 1. The van der Waals surface area contributed by atoms with Crippen LogP contribution in [0.25, 0.3) is 0 Å². The number of hydrogen-bond donors (Lipinski definition) is 1. The first-order valence-electron chi connectivity index (χ1n) is 9.70. The van der Waals surface area contributed by atoms with Crippen LogP contribution in [0.3, 0.4) is 0 Å². The van der Waals surface area contributed by atoms with Gasteiger partial charge < -0.3 is 14.8 Å². The van der Waals surface area contributed by atoms with Gasteiger partial charge in [-0.3, -0.25) is 4.79 Å². The monoisotopic (exact) mass is 466 g/mol. The Morgan fingerprint density at radius 2 is 1.87 bits per heavy atom. The van der Waals surface area contributed by atoms with E-state index in [2.05, 4.69) is 5.32 Å². The Labute approximate surface area is 186 Å². The number of hydrogen-bond acceptors (Lipinski definition) is 6. The van der Waals surface area contributed by atoms with E-state index in [9.17, 15) is 18.0 Å². The van der Waals surface area contributed by atoms with Crippen LogP contribution in [-0.2, 0) is 19.5 Å². The zero-order valence-electron chi connectivity index (χ0n) is 17.2. The van der Waals surface area contributed by atoms with Crippen molar-refractivity contribution in [3.05, 3.63) is 58.1 Å². The van der Waals surface area contributed by atoms with E-state index in [1.807, 2.05) is 0 Å². The highest BCUT2D eigenvalue weighted by atomic mass is 35.5. The van der Waals surface area contributed by atoms with Crippen molar-refractivity contribution < 1.29 is 27.5 Å². The van der Waals surface area contributed by atoms with Gasteiger partial charge in [-0.1, -0.05) is 11.6 Å². The summed E-state index contributed by atoms with van der Waals surface area (Å²) in [5.41, 5.74) is 1.52. The molecule has 2 aromatic carbocycles. The average molecular weight is 467 g/mol. The van der Waals surface area contributed by atoms with E-state index >= 15 is 0 Å². The van der Waals surface area contributed by atoms with E-state index in [-0.39, 0.29) is 35.2 Å². The quantitative estimate of drug-likeness (QED) is 0.656. The van der Waals surface area contributed by atoms with Gasteiger partial charge in [-0.2, -0.15) is 4.31 Å². The first kappa shape index (κ1) is 23.2. The zero-order valence-corrected chi connectivity index (χ0v) is 18.8. The first-order valence-corrected chi connectivity index (χ1v) is 11.5. The van der Waals surface area contributed by atoms with Crippen molar-refractivity contribution >= 4 is 39.2 Å². The van der Waals surface area contributed by atoms with Crippen molar-refractivity contribution in [3.63, 3.8) is 0 Å². The van der Waals surface area contributed by atoms with Crippen LogP contribution in [0.1, 0.15) is 33.2 Å². The maximum Gasteiger partial charge on any atom is 0.338 e. The van der Waals surface area contributed by atoms with Crippen molar-refractivity contribution in [3.8, 4) is 0 Å². The standard InChI is InChI=1S/C21H23ClN2O6S/c1-3-30-21(26)15-4-7-19(14(2)12-15)23-20(25)17-13-16(5-6-18(17)22)31(27,28)24-8-10-29-11-9-24/h4-7,12-13H,3,8-11H2,1-2H3,(H,23,25). The number of carbonyl (C=O) groups excluding carboxylic acids is 2. The van der Waals surface area contributed by atoms with Gasteiger partial charge in [-0.15, -0.1) is 0 Å². The van der Waals surface area contributed by atoms with Crippen molar-refractivity contribution in [2.24, 2.45) is 0 Å². The normalized spacial score (nSPS) is 14.8. The molecule has 0 unspecified atom stereocenters. The zero-order chi connectivity index (χ0) is 22.6. The molecule has 0 saturated carbocycles. The lowest BCUT2D eigenvalue weighted by Crippen LogP contribution is -2.40. The third-order valence-electron chi connectivity index (χ3n) is 4.78. The van der Waals surface area contributed by atoms with E-state index in [1.54, 1.807) is 32.0 Å². The Hall–Kier alpha value is -2.46. The molecule has 1 aliphatic rings. The molecular weight excluding hydrogens is 444 g/mol. The fourth-order valence-corrected chi connectivity index (χ4v) is 4.75. The van der Waals surface area contributed by atoms with Crippen LogP contribution in [0.2, 0.25) is 5.02 Å². The van der Waals surface area contributed by atoms with E-state index in [4.69, 9.17) is 21.1 Å². The molecule has 10 heteroatoms. The number of anilines is 1. The molecule has 0 radical (unpaired) electrons. The summed E-state index contributed by atoms with van der Waals surface area (Å²) < 4.78 is 37.3. The van der Waals surface area contributed by atoms with Gasteiger partial charge in [-0.05, 0) is 55.8 Å². The number of benzene rings is 2. The number of halogens is 1. The Balaban J connectivity index is 1.84.